The number of nitrogens with zero attached hydrogens (tertiary/aromatic N) is 2. The molecule has 25 heavy (non-hydrogen) atoms. The minimum atomic E-state index is -0.443. The summed E-state index contributed by atoms with van der Waals surface area (Å²) in [6, 6.07) is 5.67. The van der Waals surface area contributed by atoms with E-state index in [9.17, 15) is 14.4 Å². The van der Waals surface area contributed by atoms with Crippen LogP contribution in [0.25, 0.3) is 0 Å². The Hall–Kier alpha value is -2.06. The van der Waals surface area contributed by atoms with Crippen LogP contribution in [0.15, 0.2) is 28.1 Å². The van der Waals surface area contributed by atoms with Crippen LogP contribution in [0.2, 0.25) is 0 Å². The molecule has 6 nitrogen and oxygen atoms in total. The number of rotatable bonds is 4. The first-order valence-corrected chi connectivity index (χ1v) is 9.36. The molecule has 1 aliphatic heterocycles. The predicted molar refractivity (Wildman–Crippen MR) is 100 cm³/mol. The molecule has 0 bridgehead atoms. The number of hydrogen-bond donors (Lipinski definition) is 1. The Kier molecular flexibility index (Phi) is 5.01. The number of aromatic nitrogens is 1. The Morgan fingerprint density at radius 2 is 2.16 bits per heavy atom. The highest BCUT2D eigenvalue weighted by Crippen LogP contribution is 2.29. The van der Waals surface area contributed by atoms with E-state index in [1.54, 1.807) is 10.3 Å². The number of anilines is 2. The van der Waals surface area contributed by atoms with Crippen LogP contribution >= 0.6 is 27.3 Å². The summed E-state index contributed by atoms with van der Waals surface area (Å²) in [6.07, 6.45) is 0.159. The Morgan fingerprint density at radius 1 is 1.40 bits per heavy atom. The van der Waals surface area contributed by atoms with Crippen LogP contribution in [0.5, 0.6) is 0 Å². The number of nitrogens with one attached hydrogen (secondary N) is 1. The lowest BCUT2D eigenvalue weighted by atomic mass is 10.1. The molecule has 1 aromatic carbocycles. The van der Waals surface area contributed by atoms with Crippen LogP contribution < -0.4 is 10.2 Å². The van der Waals surface area contributed by atoms with E-state index in [1.165, 1.54) is 18.3 Å². The molecular weight excluding hydrogens is 406 g/mol. The second kappa shape index (κ2) is 7.05. The van der Waals surface area contributed by atoms with Crippen LogP contribution in [0.3, 0.4) is 0 Å². The van der Waals surface area contributed by atoms with E-state index in [0.717, 1.165) is 15.7 Å². The van der Waals surface area contributed by atoms with Crippen molar-refractivity contribution < 1.29 is 14.4 Å². The first kappa shape index (κ1) is 17.8. The van der Waals surface area contributed by atoms with Crippen molar-refractivity contribution in [3.8, 4) is 0 Å². The molecule has 2 amide bonds. The second-order valence-electron chi connectivity index (χ2n) is 5.92. The largest absolute Gasteiger partial charge is 0.312 e. The summed E-state index contributed by atoms with van der Waals surface area (Å²) in [5.74, 6) is -0.926. The van der Waals surface area contributed by atoms with Crippen LogP contribution in [0, 0.1) is 12.8 Å². The van der Waals surface area contributed by atoms with Gasteiger partial charge in [-0.2, -0.15) is 0 Å². The number of Topliss-reactive ketones (excluding diaryl/α,β-unsaturated/α-hetero) is 1. The van der Waals surface area contributed by atoms with Gasteiger partial charge in [-0.05, 0) is 30.7 Å². The maximum absolute atomic E-state index is 12.4. The Balaban J connectivity index is 1.69. The maximum Gasteiger partial charge on any atom is 0.231 e. The topological polar surface area (TPSA) is 79.4 Å². The number of carbonyl (C=O) groups is 3. The number of carbonyl (C=O) groups excluding carboxylic acids is 3. The molecular formula is C17H16BrN3O3S. The zero-order valence-corrected chi connectivity index (χ0v) is 16.1. The lowest BCUT2D eigenvalue weighted by Crippen LogP contribution is -2.28. The Labute approximate surface area is 157 Å². The molecule has 2 heterocycles. The monoisotopic (exact) mass is 421 g/mol. The van der Waals surface area contributed by atoms with Gasteiger partial charge in [0.1, 0.15) is 5.69 Å². The highest BCUT2D eigenvalue weighted by atomic mass is 79.9. The summed E-state index contributed by atoms with van der Waals surface area (Å²) < 4.78 is 0.974. The van der Waals surface area contributed by atoms with Crippen molar-refractivity contribution in [1.29, 1.82) is 0 Å². The number of ketones is 1. The van der Waals surface area contributed by atoms with E-state index < -0.39 is 5.92 Å². The Morgan fingerprint density at radius 3 is 2.80 bits per heavy atom. The molecule has 1 saturated heterocycles. The number of benzene rings is 1. The summed E-state index contributed by atoms with van der Waals surface area (Å²) in [7, 11) is 0. The van der Waals surface area contributed by atoms with Crippen molar-refractivity contribution in [2.24, 2.45) is 5.92 Å². The fraction of sp³-hybridized carbons (Fsp3) is 0.294. The van der Waals surface area contributed by atoms with Gasteiger partial charge < -0.3 is 10.2 Å². The highest BCUT2D eigenvalue weighted by Gasteiger charge is 2.35. The summed E-state index contributed by atoms with van der Waals surface area (Å²) in [5, 5.41) is 4.68. The first-order valence-electron chi connectivity index (χ1n) is 7.69. The van der Waals surface area contributed by atoms with E-state index >= 15 is 0 Å². The van der Waals surface area contributed by atoms with Gasteiger partial charge in [-0.3, -0.25) is 14.4 Å². The van der Waals surface area contributed by atoms with Gasteiger partial charge in [0.05, 0.1) is 5.92 Å². The average molecular weight is 422 g/mol. The number of thiazole rings is 1. The minimum absolute atomic E-state index is 0.0783. The molecule has 0 unspecified atom stereocenters. The third kappa shape index (κ3) is 3.80. The van der Waals surface area contributed by atoms with Crippen LogP contribution in [0.4, 0.5) is 10.8 Å². The molecule has 0 aliphatic carbocycles. The molecule has 3 rings (SSSR count). The van der Waals surface area contributed by atoms with Crippen LogP contribution in [0.1, 0.15) is 29.4 Å². The maximum atomic E-state index is 12.4. The smallest absolute Gasteiger partial charge is 0.231 e. The number of halogens is 1. The van der Waals surface area contributed by atoms with Gasteiger partial charge in [-0.15, -0.1) is 11.3 Å². The van der Waals surface area contributed by atoms with Gasteiger partial charge in [0, 0.05) is 35.4 Å². The quantitative estimate of drug-likeness (QED) is 0.766. The third-order valence-corrected chi connectivity index (χ3v) is 5.69. The molecule has 8 heteroatoms. The van der Waals surface area contributed by atoms with E-state index in [2.05, 4.69) is 26.2 Å². The Bertz CT molecular complexity index is 865. The van der Waals surface area contributed by atoms with Gasteiger partial charge in [0.25, 0.3) is 0 Å². The molecule has 1 atom stereocenters. The van der Waals surface area contributed by atoms with E-state index in [-0.39, 0.29) is 24.0 Å². The summed E-state index contributed by atoms with van der Waals surface area (Å²) in [5.41, 5.74) is 2.14. The van der Waals surface area contributed by atoms with Gasteiger partial charge >= 0.3 is 0 Å². The summed E-state index contributed by atoms with van der Waals surface area (Å²) in [6.45, 7) is 3.71. The van der Waals surface area contributed by atoms with Crippen molar-refractivity contribution >= 4 is 55.7 Å². The zero-order valence-electron chi connectivity index (χ0n) is 13.7. The fourth-order valence-electron chi connectivity index (χ4n) is 2.63. The molecule has 1 aromatic heterocycles. The van der Waals surface area contributed by atoms with Crippen LogP contribution in [-0.4, -0.2) is 29.1 Å². The zero-order chi connectivity index (χ0) is 18.1. The molecule has 0 saturated carbocycles. The molecule has 0 radical (unpaired) electrons. The normalized spacial score (nSPS) is 17.0. The minimum Gasteiger partial charge on any atom is -0.312 e. The van der Waals surface area contributed by atoms with Gasteiger partial charge in [0.15, 0.2) is 10.9 Å². The average Bonchev–Trinajstić information content (AvgIpc) is 3.17. The first-order chi connectivity index (χ1) is 11.8. The molecule has 1 fully saturated rings. The van der Waals surface area contributed by atoms with E-state index in [0.29, 0.717) is 17.4 Å². The molecule has 2 aromatic rings. The number of hydrogen-bond acceptors (Lipinski definition) is 5. The van der Waals surface area contributed by atoms with Crippen molar-refractivity contribution in [3.05, 3.63) is 39.3 Å². The third-order valence-electron chi connectivity index (χ3n) is 4.04. The van der Waals surface area contributed by atoms with Crippen molar-refractivity contribution in [3.63, 3.8) is 0 Å². The van der Waals surface area contributed by atoms with Crippen molar-refractivity contribution in [2.45, 2.75) is 20.3 Å². The molecule has 1 aliphatic rings. The van der Waals surface area contributed by atoms with Crippen molar-refractivity contribution in [1.82, 2.24) is 4.98 Å². The molecule has 130 valence electrons. The number of amides is 2. The van der Waals surface area contributed by atoms with Gasteiger partial charge in [-0.25, -0.2) is 4.98 Å². The lowest BCUT2D eigenvalue weighted by Gasteiger charge is -2.17. The summed E-state index contributed by atoms with van der Waals surface area (Å²) >= 11 is 4.64. The highest BCUT2D eigenvalue weighted by molar-refractivity contribution is 9.10. The molecule has 0 spiro atoms. The fourth-order valence-corrected chi connectivity index (χ4v) is 3.63. The van der Waals surface area contributed by atoms with E-state index in [1.807, 2.05) is 25.1 Å². The van der Waals surface area contributed by atoms with Gasteiger partial charge in [0.2, 0.25) is 11.8 Å². The van der Waals surface area contributed by atoms with Crippen molar-refractivity contribution in [2.75, 3.05) is 16.8 Å². The van der Waals surface area contributed by atoms with E-state index in [4.69, 9.17) is 0 Å². The second-order valence-corrected chi connectivity index (χ2v) is 7.63. The SMILES string of the molecule is CC(=O)c1csc(NC(=O)[C@H]2CC(=O)N(c3ccc(Br)c(C)c3)C2)n1. The summed E-state index contributed by atoms with van der Waals surface area (Å²) in [4.78, 5) is 41.7. The number of aryl methyl sites for hydroxylation is 1. The van der Waals surface area contributed by atoms with Crippen LogP contribution in [-0.2, 0) is 9.59 Å². The standard InChI is InChI=1S/C17H16BrN3O3S/c1-9-5-12(3-4-13(9)18)21-7-11(6-15(21)23)16(24)20-17-19-14(8-25-17)10(2)22/h3-5,8,11H,6-7H2,1-2H3,(H,19,20,24)/t11-/m0/s1. The lowest BCUT2D eigenvalue weighted by molar-refractivity contribution is -0.122. The predicted octanol–water partition coefficient (Wildman–Crippen LogP) is 3.41. The van der Waals surface area contributed by atoms with Gasteiger partial charge in [-0.1, -0.05) is 15.9 Å². The molecule has 1 N–H and O–H groups in total.